The predicted molar refractivity (Wildman–Crippen MR) is 57.5 cm³/mol. The van der Waals surface area contributed by atoms with Crippen molar-refractivity contribution >= 4 is 0 Å². The zero-order valence-electron chi connectivity index (χ0n) is 9.80. The highest BCUT2D eigenvalue weighted by Gasteiger charge is 2.43. The molecule has 0 aromatic heterocycles. The molecular formula is C11H23NO2. The summed E-state index contributed by atoms with van der Waals surface area (Å²) in [5, 5.41) is 3.30. The van der Waals surface area contributed by atoms with Crippen LogP contribution in [-0.2, 0) is 9.47 Å². The fourth-order valence-corrected chi connectivity index (χ4v) is 2.01. The molecule has 0 spiro atoms. The lowest BCUT2D eigenvalue weighted by atomic mass is 9.74. The summed E-state index contributed by atoms with van der Waals surface area (Å²) in [5.41, 5.74) is 0.0314. The highest BCUT2D eigenvalue weighted by molar-refractivity contribution is 4.99. The molecule has 1 unspecified atom stereocenters. The Balaban J connectivity index is 2.43. The molecule has 1 N–H and O–H groups in total. The molecule has 3 heteroatoms. The Morgan fingerprint density at radius 3 is 2.29 bits per heavy atom. The van der Waals surface area contributed by atoms with Gasteiger partial charge in [0.15, 0.2) is 0 Å². The average molecular weight is 201 g/mol. The summed E-state index contributed by atoms with van der Waals surface area (Å²) in [5.74, 6) is 0. The Labute approximate surface area is 87.2 Å². The van der Waals surface area contributed by atoms with Crippen LogP contribution in [0.5, 0.6) is 0 Å². The fourth-order valence-electron chi connectivity index (χ4n) is 2.01. The molecule has 84 valence electrons. The lowest BCUT2D eigenvalue weighted by molar-refractivity contribution is -0.116. The van der Waals surface area contributed by atoms with Crippen molar-refractivity contribution in [2.24, 2.45) is 0 Å². The van der Waals surface area contributed by atoms with E-state index < -0.39 is 0 Å². The second-order valence-corrected chi connectivity index (χ2v) is 4.35. The Morgan fingerprint density at radius 2 is 2.00 bits per heavy atom. The van der Waals surface area contributed by atoms with E-state index in [0.717, 1.165) is 19.4 Å². The summed E-state index contributed by atoms with van der Waals surface area (Å²) >= 11 is 0. The van der Waals surface area contributed by atoms with E-state index >= 15 is 0 Å². The fraction of sp³-hybridized carbons (Fsp3) is 1.00. The number of hydrogen-bond donors (Lipinski definition) is 1. The van der Waals surface area contributed by atoms with Gasteiger partial charge in [-0.05, 0) is 40.2 Å². The van der Waals surface area contributed by atoms with Crippen LogP contribution in [0.1, 0.15) is 33.1 Å². The maximum absolute atomic E-state index is 5.64. The molecule has 1 fully saturated rings. The summed E-state index contributed by atoms with van der Waals surface area (Å²) in [6, 6.07) is 0.323. The molecule has 0 aromatic rings. The van der Waals surface area contributed by atoms with E-state index in [1.807, 2.05) is 7.05 Å². The molecule has 14 heavy (non-hydrogen) atoms. The van der Waals surface area contributed by atoms with Gasteiger partial charge in [0, 0.05) is 7.11 Å². The highest BCUT2D eigenvalue weighted by Crippen LogP contribution is 2.38. The maximum atomic E-state index is 5.64. The number of nitrogens with one attached hydrogen (secondary N) is 1. The van der Waals surface area contributed by atoms with Gasteiger partial charge >= 0.3 is 0 Å². The lowest BCUT2D eigenvalue weighted by Crippen LogP contribution is -2.57. The molecule has 0 radical (unpaired) electrons. The molecule has 1 rings (SSSR count). The second kappa shape index (κ2) is 5.10. The van der Waals surface area contributed by atoms with Gasteiger partial charge in [-0.3, -0.25) is 0 Å². The molecule has 0 amide bonds. The largest absolute Gasteiger partial charge is 0.377 e. The van der Waals surface area contributed by atoms with Crippen LogP contribution in [0.25, 0.3) is 0 Å². The van der Waals surface area contributed by atoms with Crippen LogP contribution in [0, 0.1) is 0 Å². The van der Waals surface area contributed by atoms with Gasteiger partial charge in [0.05, 0.1) is 24.4 Å². The molecule has 1 aliphatic carbocycles. The molecule has 0 heterocycles. The SMILES string of the molecule is CNC(COC(C)C)C1(OC)CCC1. The standard InChI is InChI=1S/C11H23NO2/c1-9(2)14-8-10(12-3)11(13-4)6-5-7-11/h9-10,12H,5-8H2,1-4H3. The van der Waals surface area contributed by atoms with E-state index in [1.165, 1.54) is 6.42 Å². The summed E-state index contributed by atoms with van der Waals surface area (Å²) in [6.07, 6.45) is 3.86. The van der Waals surface area contributed by atoms with E-state index in [-0.39, 0.29) is 5.60 Å². The molecule has 0 bridgehead atoms. The van der Waals surface area contributed by atoms with Crippen LogP contribution < -0.4 is 5.32 Å². The van der Waals surface area contributed by atoms with Crippen LogP contribution in [0.4, 0.5) is 0 Å². The smallest absolute Gasteiger partial charge is 0.0853 e. The zero-order chi connectivity index (χ0) is 10.6. The third-order valence-electron chi connectivity index (χ3n) is 3.19. The average Bonchev–Trinajstić information content (AvgIpc) is 2.09. The van der Waals surface area contributed by atoms with Crippen molar-refractivity contribution < 1.29 is 9.47 Å². The number of methoxy groups -OCH3 is 1. The van der Waals surface area contributed by atoms with Crippen LogP contribution in [0.3, 0.4) is 0 Å². The van der Waals surface area contributed by atoms with E-state index in [2.05, 4.69) is 19.2 Å². The first kappa shape index (κ1) is 12.0. The molecule has 1 aliphatic rings. The number of rotatable bonds is 6. The number of ether oxygens (including phenoxy) is 2. The van der Waals surface area contributed by atoms with Gasteiger partial charge in [-0.1, -0.05) is 0 Å². The molecule has 0 aliphatic heterocycles. The van der Waals surface area contributed by atoms with Crippen molar-refractivity contribution in [2.75, 3.05) is 20.8 Å². The first-order chi connectivity index (χ1) is 6.64. The maximum Gasteiger partial charge on any atom is 0.0853 e. The van der Waals surface area contributed by atoms with Crippen LogP contribution in [0.2, 0.25) is 0 Å². The van der Waals surface area contributed by atoms with Crippen molar-refractivity contribution in [3.05, 3.63) is 0 Å². The Kier molecular flexibility index (Phi) is 4.35. The molecule has 0 saturated heterocycles. The van der Waals surface area contributed by atoms with Gasteiger partial charge in [-0.15, -0.1) is 0 Å². The van der Waals surface area contributed by atoms with Crippen LogP contribution in [0.15, 0.2) is 0 Å². The molecule has 3 nitrogen and oxygen atoms in total. The Bertz CT molecular complexity index is 161. The monoisotopic (exact) mass is 201 g/mol. The summed E-state index contributed by atoms with van der Waals surface area (Å²) in [7, 11) is 3.78. The van der Waals surface area contributed by atoms with E-state index in [0.29, 0.717) is 12.1 Å². The minimum absolute atomic E-state index is 0.0314. The first-order valence-corrected chi connectivity index (χ1v) is 5.48. The van der Waals surface area contributed by atoms with E-state index in [9.17, 15) is 0 Å². The van der Waals surface area contributed by atoms with Gasteiger partial charge in [-0.2, -0.15) is 0 Å². The second-order valence-electron chi connectivity index (χ2n) is 4.35. The van der Waals surface area contributed by atoms with Gasteiger partial charge in [0.1, 0.15) is 0 Å². The van der Waals surface area contributed by atoms with Crippen molar-refractivity contribution in [1.29, 1.82) is 0 Å². The third-order valence-corrected chi connectivity index (χ3v) is 3.19. The van der Waals surface area contributed by atoms with Crippen molar-refractivity contribution in [3.8, 4) is 0 Å². The normalized spacial score (nSPS) is 22.1. The first-order valence-electron chi connectivity index (χ1n) is 5.48. The summed E-state index contributed by atoms with van der Waals surface area (Å²) < 4.78 is 11.3. The highest BCUT2D eigenvalue weighted by atomic mass is 16.5. The predicted octanol–water partition coefficient (Wildman–Crippen LogP) is 1.57. The van der Waals surface area contributed by atoms with Gasteiger partial charge in [0.25, 0.3) is 0 Å². The van der Waals surface area contributed by atoms with Crippen LogP contribution in [-0.4, -0.2) is 38.5 Å². The topological polar surface area (TPSA) is 30.5 Å². The van der Waals surface area contributed by atoms with Gasteiger partial charge in [-0.25, -0.2) is 0 Å². The third kappa shape index (κ3) is 2.47. The number of likely N-dealkylation sites (N-methyl/N-ethyl adjacent to an activating group) is 1. The molecule has 1 atom stereocenters. The van der Waals surface area contributed by atoms with Crippen molar-refractivity contribution in [2.45, 2.75) is 50.9 Å². The van der Waals surface area contributed by atoms with Crippen LogP contribution >= 0.6 is 0 Å². The quantitative estimate of drug-likeness (QED) is 0.707. The lowest BCUT2D eigenvalue weighted by Gasteiger charge is -2.46. The minimum Gasteiger partial charge on any atom is -0.377 e. The molecular weight excluding hydrogens is 178 g/mol. The minimum atomic E-state index is 0.0314. The van der Waals surface area contributed by atoms with Gasteiger partial charge in [0.2, 0.25) is 0 Å². The Morgan fingerprint density at radius 1 is 1.36 bits per heavy atom. The molecule has 0 aromatic carbocycles. The van der Waals surface area contributed by atoms with E-state index in [1.54, 1.807) is 7.11 Å². The van der Waals surface area contributed by atoms with Crippen molar-refractivity contribution in [3.63, 3.8) is 0 Å². The Hall–Kier alpha value is -0.120. The summed E-state index contributed by atoms with van der Waals surface area (Å²) in [6.45, 7) is 4.86. The van der Waals surface area contributed by atoms with E-state index in [4.69, 9.17) is 9.47 Å². The zero-order valence-corrected chi connectivity index (χ0v) is 9.80. The molecule has 1 saturated carbocycles. The number of hydrogen-bond acceptors (Lipinski definition) is 3. The summed E-state index contributed by atoms with van der Waals surface area (Å²) in [4.78, 5) is 0. The van der Waals surface area contributed by atoms with Gasteiger partial charge < -0.3 is 14.8 Å². The van der Waals surface area contributed by atoms with Crippen molar-refractivity contribution in [1.82, 2.24) is 5.32 Å².